The molecule has 0 saturated heterocycles. The Kier molecular flexibility index (Phi) is 6.13. The summed E-state index contributed by atoms with van der Waals surface area (Å²) in [6, 6.07) is 22.5. The smallest absolute Gasteiger partial charge is 0.264 e. The van der Waals surface area contributed by atoms with E-state index in [9.17, 15) is 4.79 Å². The van der Waals surface area contributed by atoms with Crippen LogP contribution < -0.4 is 14.2 Å². The number of fused-ring (bicyclic) bond motifs is 4. The van der Waals surface area contributed by atoms with Crippen molar-refractivity contribution in [2.45, 2.75) is 25.3 Å². The third-order valence-electron chi connectivity index (χ3n) is 7.49. The fraction of sp³-hybridized carbons (Fsp3) is 0.258. The van der Waals surface area contributed by atoms with E-state index in [0.29, 0.717) is 18.0 Å². The van der Waals surface area contributed by atoms with Crippen LogP contribution >= 0.6 is 11.3 Å². The summed E-state index contributed by atoms with van der Waals surface area (Å²) < 4.78 is 16.7. The van der Waals surface area contributed by atoms with Crippen LogP contribution in [0.2, 0.25) is 0 Å². The van der Waals surface area contributed by atoms with Gasteiger partial charge in [0.1, 0.15) is 5.75 Å². The highest BCUT2D eigenvalue weighted by Gasteiger charge is 2.35. The van der Waals surface area contributed by atoms with Crippen molar-refractivity contribution in [3.8, 4) is 27.7 Å². The molecular formula is C31H29NO4S. The molecule has 1 aromatic heterocycles. The van der Waals surface area contributed by atoms with Crippen LogP contribution in [0.1, 0.15) is 43.5 Å². The highest BCUT2D eigenvalue weighted by atomic mass is 32.1. The van der Waals surface area contributed by atoms with Gasteiger partial charge in [0.15, 0.2) is 11.5 Å². The van der Waals surface area contributed by atoms with Gasteiger partial charge in [-0.05, 0) is 83.0 Å². The minimum absolute atomic E-state index is 0.0677. The predicted molar refractivity (Wildman–Crippen MR) is 146 cm³/mol. The zero-order valence-electron chi connectivity index (χ0n) is 21.2. The normalized spacial score (nSPS) is 15.9. The largest absolute Gasteiger partial charge is 0.497 e. The lowest BCUT2D eigenvalue weighted by Gasteiger charge is -2.38. The van der Waals surface area contributed by atoms with Crippen molar-refractivity contribution >= 4 is 17.2 Å². The zero-order chi connectivity index (χ0) is 25.5. The molecule has 6 rings (SSSR count). The van der Waals surface area contributed by atoms with Crippen molar-refractivity contribution in [2.24, 2.45) is 0 Å². The van der Waals surface area contributed by atoms with Crippen LogP contribution in [0.3, 0.4) is 0 Å². The van der Waals surface area contributed by atoms with Gasteiger partial charge in [0.05, 0.1) is 32.2 Å². The molecule has 6 heteroatoms. The van der Waals surface area contributed by atoms with Gasteiger partial charge in [0.25, 0.3) is 5.91 Å². The lowest BCUT2D eigenvalue weighted by atomic mass is 9.87. The van der Waals surface area contributed by atoms with Crippen molar-refractivity contribution in [3.63, 3.8) is 0 Å². The molecule has 0 radical (unpaired) electrons. The maximum absolute atomic E-state index is 14.2. The molecule has 1 amide bonds. The number of nitrogens with zero attached hydrogens (tertiary/aromatic N) is 1. The first-order valence-corrected chi connectivity index (χ1v) is 13.3. The van der Waals surface area contributed by atoms with Gasteiger partial charge in [0, 0.05) is 11.4 Å². The fourth-order valence-electron chi connectivity index (χ4n) is 5.63. The van der Waals surface area contributed by atoms with Crippen molar-refractivity contribution < 1.29 is 19.0 Å². The number of methoxy groups -OCH3 is 3. The maximum atomic E-state index is 14.2. The second kappa shape index (κ2) is 9.60. The average Bonchev–Trinajstić information content (AvgIpc) is 3.40. The highest BCUT2D eigenvalue weighted by Crippen LogP contribution is 2.44. The monoisotopic (exact) mass is 511 g/mol. The summed E-state index contributed by atoms with van der Waals surface area (Å²) in [6.07, 6.45) is 2.68. The Morgan fingerprint density at radius 3 is 2.32 bits per heavy atom. The molecular weight excluding hydrogens is 482 g/mol. The predicted octanol–water partition coefficient (Wildman–Crippen LogP) is 6.33. The molecule has 2 heterocycles. The van der Waals surface area contributed by atoms with Crippen LogP contribution in [0.15, 0.2) is 66.7 Å². The standard InChI is InChI=1S/C31H29NO4S/c1-34-23-12-11-19-9-10-22-16-28(37-30(22)25(19)17-23)31(33)32-14-13-21-15-26(35-2)27(36-3)18-24(21)29(32)20-7-5-4-6-8-20/h4-8,11-12,15-18,29H,9-10,13-14H2,1-3H3/t29-/m0/s1. The first-order valence-electron chi connectivity index (χ1n) is 12.5. The Labute approximate surface area is 221 Å². The van der Waals surface area contributed by atoms with Gasteiger partial charge in [-0.2, -0.15) is 0 Å². The number of amides is 1. The summed E-state index contributed by atoms with van der Waals surface area (Å²) in [5.74, 6) is 2.30. The highest BCUT2D eigenvalue weighted by molar-refractivity contribution is 7.17. The first kappa shape index (κ1) is 23.6. The number of aryl methyl sites for hydroxylation is 2. The number of carbonyl (C=O) groups excluding carboxylic acids is 1. The molecule has 4 aromatic rings. The van der Waals surface area contributed by atoms with Crippen LogP contribution in [0, 0.1) is 0 Å². The molecule has 0 bridgehead atoms. The molecule has 0 fully saturated rings. The van der Waals surface area contributed by atoms with E-state index >= 15 is 0 Å². The third-order valence-corrected chi connectivity index (χ3v) is 8.69. The van der Waals surface area contributed by atoms with Gasteiger partial charge in [-0.25, -0.2) is 0 Å². The maximum Gasteiger partial charge on any atom is 0.264 e. The molecule has 2 aliphatic rings. The second-order valence-corrected chi connectivity index (χ2v) is 10.5. The van der Waals surface area contributed by atoms with Crippen LogP contribution in [0.4, 0.5) is 0 Å². The SMILES string of the molecule is COc1ccc2c(c1)-c1sc(C(=O)N3CCc4cc(OC)c(OC)cc4[C@@H]3c3ccccc3)cc1CC2. The van der Waals surface area contributed by atoms with Gasteiger partial charge < -0.3 is 19.1 Å². The van der Waals surface area contributed by atoms with E-state index in [-0.39, 0.29) is 11.9 Å². The van der Waals surface area contributed by atoms with Crippen molar-refractivity contribution in [2.75, 3.05) is 27.9 Å². The second-order valence-electron chi connectivity index (χ2n) is 9.46. The molecule has 0 unspecified atom stereocenters. The van der Waals surface area contributed by atoms with Crippen LogP contribution in [-0.2, 0) is 19.3 Å². The van der Waals surface area contributed by atoms with E-state index in [0.717, 1.165) is 41.0 Å². The summed E-state index contributed by atoms with van der Waals surface area (Å²) in [7, 11) is 5.00. The first-order chi connectivity index (χ1) is 18.1. The van der Waals surface area contributed by atoms with E-state index in [1.54, 1.807) is 32.7 Å². The number of hydrogen-bond donors (Lipinski definition) is 0. The van der Waals surface area contributed by atoms with Gasteiger partial charge in [-0.3, -0.25) is 4.79 Å². The zero-order valence-corrected chi connectivity index (χ0v) is 22.1. The van der Waals surface area contributed by atoms with Crippen LogP contribution in [0.5, 0.6) is 17.2 Å². The Morgan fingerprint density at radius 1 is 0.811 bits per heavy atom. The molecule has 3 aromatic carbocycles. The number of rotatable bonds is 5. The average molecular weight is 512 g/mol. The number of thiophene rings is 1. The summed E-state index contributed by atoms with van der Waals surface area (Å²) in [5, 5.41) is 0. The van der Waals surface area contributed by atoms with Gasteiger partial charge in [-0.15, -0.1) is 11.3 Å². The molecule has 188 valence electrons. The molecule has 0 saturated carbocycles. The summed E-state index contributed by atoms with van der Waals surface area (Å²) in [4.78, 5) is 18.2. The number of benzene rings is 3. The molecule has 37 heavy (non-hydrogen) atoms. The Balaban J connectivity index is 1.42. The van der Waals surface area contributed by atoms with E-state index in [1.807, 2.05) is 35.2 Å². The molecule has 0 N–H and O–H groups in total. The van der Waals surface area contributed by atoms with Crippen molar-refractivity contribution in [3.05, 3.63) is 99.4 Å². The van der Waals surface area contributed by atoms with E-state index in [4.69, 9.17) is 14.2 Å². The van der Waals surface area contributed by atoms with Crippen molar-refractivity contribution in [1.29, 1.82) is 0 Å². The van der Waals surface area contributed by atoms with Gasteiger partial charge in [0.2, 0.25) is 0 Å². The van der Waals surface area contributed by atoms with Crippen molar-refractivity contribution in [1.82, 2.24) is 4.90 Å². The molecule has 5 nitrogen and oxygen atoms in total. The topological polar surface area (TPSA) is 48.0 Å². The quantitative estimate of drug-likeness (QED) is 0.314. The molecule has 1 atom stereocenters. The van der Waals surface area contributed by atoms with Gasteiger partial charge >= 0.3 is 0 Å². The Morgan fingerprint density at radius 2 is 1.57 bits per heavy atom. The molecule has 1 aliphatic carbocycles. The van der Waals surface area contributed by atoms with E-state index in [1.165, 1.54) is 27.1 Å². The number of ether oxygens (including phenoxy) is 3. The summed E-state index contributed by atoms with van der Waals surface area (Å²) in [6.45, 7) is 0.633. The van der Waals surface area contributed by atoms with E-state index < -0.39 is 0 Å². The minimum Gasteiger partial charge on any atom is -0.497 e. The third kappa shape index (κ3) is 4.05. The summed E-state index contributed by atoms with van der Waals surface area (Å²) in [5.41, 5.74) is 7.09. The molecule has 1 aliphatic heterocycles. The number of carbonyl (C=O) groups is 1. The van der Waals surface area contributed by atoms with Gasteiger partial charge in [-0.1, -0.05) is 36.4 Å². The molecule has 0 spiro atoms. The summed E-state index contributed by atoms with van der Waals surface area (Å²) >= 11 is 1.60. The van der Waals surface area contributed by atoms with Crippen LogP contribution in [-0.4, -0.2) is 38.7 Å². The van der Waals surface area contributed by atoms with Crippen LogP contribution in [0.25, 0.3) is 10.4 Å². The van der Waals surface area contributed by atoms with E-state index in [2.05, 4.69) is 36.4 Å². The lowest BCUT2D eigenvalue weighted by Crippen LogP contribution is -2.40. The Hall–Kier alpha value is -3.77. The minimum atomic E-state index is -0.205. The fourth-order valence-corrected chi connectivity index (χ4v) is 6.85. The number of hydrogen-bond acceptors (Lipinski definition) is 5. The lowest BCUT2D eigenvalue weighted by molar-refractivity contribution is 0.0699. The Bertz CT molecular complexity index is 1480.